The summed E-state index contributed by atoms with van der Waals surface area (Å²) in [5.74, 6) is 0.420. The molecule has 1 atom stereocenters. The van der Waals surface area contributed by atoms with E-state index < -0.39 is 0 Å². The molecule has 1 unspecified atom stereocenters. The van der Waals surface area contributed by atoms with Crippen molar-refractivity contribution in [3.05, 3.63) is 35.7 Å². The summed E-state index contributed by atoms with van der Waals surface area (Å²) in [5.41, 5.74) is 1.52. The van der Waals surface area contributed by atoms with Crippen molar-refractivity contribution >= 4 is 5.97 Å². The number of rotatable bonds is 5. The Morgan fingerprint density at radius 3 is 3.11 bits per heavy atom. The van der Waals surface area contributed by atoms with Crippen LogP contribution in [-0.2, 0) is 11.3 Å². The standard InChI is InChI=1S/C14H20N2O2/c1-18-14(17)13-8-7-12(16-13)10-15-9-11-5-3-2-4-6-11/h2-3,7-8,11,15-16H,4-6,9-10H2,1H3. The van der Waals surface area contributed by atoms with Gasteiger partial charge in [-0.15, -0.1) is 0 Å². The number of allylic oxidation sites excluding steroid dienone is 2. The molecule has 0 spiro atoms. The van der Waals surface area contributed by atoms with E-state index in [1.54, 1.807) is 6.07 Å². The predicted octanol–water partition coefficient (Wildman–Crippen LogP) is 2.25. The number of aromatic amines is 1. The summed E-state index contributed by atoms with van der Waals surface area (Å²) >= 11 is 0. The number of methoxy groups -OCH3 is 1. The van der Waals surface area contributed by atoms with Crippen LogP contribution in [0.1, 0.15) is 35.4 Å². The molecule has 0 amide bonds. The van der Waals surface area contributed by atoms with E-state index in [2.05, 4.69) is 27.2 Å². The zero-order valence-corrected chi connectivity index (χ0v) is 10.7. The van der Waals surface area contributed by atoms with Gasteiger partial charge in [0.1, 0.15) is 5.69 Å². The fraction of sp³-hybridized carbons (Fsp3) is 0.500. The molecule has 1 heterocycles. The maximum atomic E-state index is 11.3. The van der Waals surface area contributed by atoms with Crippen molar-refractivity contribution < 1.29 is 9.53 Å². The van der Waals surface area contributed by atoms with Crippen molar-refractivity contribution in [3.63, 3.8) is 0 Å². The Hall–Kier alpha value is -1.55. The first-order valence-corrected chi connectivity index (χ1v) is 6.41. The third-order valence-corrected chi connectivity index (χ3v) is 3.28. The van der Waals surface area contributed by atoms with Crippen LogP contribution in [0.2, 0.25) is 0 Å². The lowest BCUT2D eigenvalue weighted by molar-refractivity contribution is 0.0594. The normalized spacial score (nSPS) is 18.8. The maximum absolute atomic E-state index is 11.3. The summed E-state index contributed by atoms with van der Waals surface area (Å²) in [7, 11) is 1.39. The summed E-state index contributed by atoms with van der Waals surface area (Å²) in [6.07, 6.45) is 8.15. The van der Waals surface area contributed by atoms with E-state index in [-0.39, 0.29) is 5.97 Å². The number of esters is 1. The van der Waals surface area contributed by atoms with E-state index in [1.165, 1.54) is 26.4 Å². The Kier molecular flexibility index (Phi) is 4.59. The number of ether oxygens (including phenoxy) is 1. The van der Waals surface area contributed by atoms with E-state index in [0.717, 1.165) is 24.7 Å². The molecule has 0 radical (unpaired) electrons. The Balaban J connectivity index is 1.74. The molecule has 1 aromatic rings. The van der Waals surface area contributed by atoms with E-state index in [9.17, 15) is 4.79 Å². The minimum atomic E-state index is -0.321. The second kappa shape index (κ2) is 6.40. The number of hydrogen-bond donors (Lipinski definition) is 2. The lowest BCUT2D eigenvalue weighted by Gasteiger charge is -2.17. The molecule has 1 aliphatic carbocycles. The van der Waals surface area contributed by atoms with Crippen molar-refractivity contribution in [2.45, 2.75) is 25.8 Å². The topological polar surface area (TPSA) is 54.1 Å². The minimum Gasteiger partial charge on any atom is -0.464 e. The van der Waals surface area contributed by atoms with Gasteiger partial charge in [-0.25, -0.2) is 4.79 Å². The van der Waals surface area contributed by atoms with Crippen LogP contribution in [0.5, 0.6) is 0 Å². The fourth-order valence-corrected chi connectivity index (χ4v) is 2.23. The molecule has 0 aromatic carbocycles. The molecule has 0 saturated carbocycles. The van der Waals surface area contributed by atoms with Crippen LogP contribution in [0.15, 0.2) is 24.3 Å². The molecule has 1 aromatic heterocycles. The lowest BCUT2D eigenvalue weighted by atomic mass is 9.94. The van der Waals surface area contributed by atoms with E-state index in [1.807, 2.05) is 6.07 Å². The highest BCUT2D eigenvalue weighted by Gasteiger charge is 2.10. The van der Waals surface area contributed by atoms with Crippen LogP contribution in [0.4, 0.5) is 0 Å². The highest BCUT2D eigenvalue weighted by molar-refractivity contribution is 5.87. The van der Waals surface area contributed by atoms with Crippen LogP contribution >= 0.6 is 0 Å². The van der Waals surface area contributed by atoms with Gasteiger partial charge < -0.3 is 15.0 Å². The average molecular weight is 248 g/mol. The van der Waals surface area contributed by atoms with Crippen LogP contribution in [-0.4, -0.2) is 24.6 Å². The third-order valence-electron chi connectivity index (χ3n) is 3.28. The highest BCUT2D eigenvalue weighted by atomic mass is 16.5. The number of aromatic nitrogens is 1. The first-order valence-electron chi connectivity index (χ1n) is 6.41. The number of nitrogens with one attached hydrogen (secondary N) is 2. The van der Waals surface area contributed by atoms with Crippen molar-refractivity contribution in [2.24, 2.45) is 5.92 Å². The molecule has 0 bridgehead atoms. The number of hydrogen-bond acceptors (Lipinski definition) is 3. The summed E-state index contributed by atoms with van der Waals surface area (Å²) in [6.45, 7) is 1.79. The molecule has 1 aliphatic rings. The summed E-state index contributed by atoms with van der Waals surface area (Å²) < 4.78 is 4.65. The predicted molar refractivity (Wildman–Crippen MR) is 70.3 cm³/mol. The molecular formula is C14H20N2O2. The van der Waals surface area contributed by atoms with Crippen LogP contribution in [0.25, 0.3) is 0 Å². The van der Waals surface area contributed by atoms with Gasteiger partial charge in [-0.2, -0.15) is 0 Å². The zero-order valence-electron chi connectivity index (χ0n) is 10.7. The van der Waals surface area contributed by atoms with Gasteiger partial charge in [0.15, 0.2) is 0 Å². The van der Waals surface area contributed by atoms with Gasteiger partial charge in [0.05, 0.1) is 7.11 Å². The van der Waals surface area contributed by atoms with E-state index in [4.69, 9.17) is 0 Å². The van der Waals surface area contributed by atoms with E-state index in [0.29, 0.717) is 5.69 Å². The molecule has 0 saturated heterocycles. The van der Waals surface area contributed by atoms with Gasteiger partial charge in [-0.05, 0) is 43.9 Å². The van der Waals surface area contributed by atoms with Gasteiger partial charge in [-0.1, -0.05) is 12.2 Å². The molecule has 18 heavy (non-hydrogen) atoms. The maximum Gasteiger partial charge on any atom is 0.354 e. The van der Waals surface area contributed by atoms with E-state index >= 15 is 0 Å². The summed E-state index contributed by atoms with van der Waals surface area (Å²) in [4.78, 5) is 14.3. The fourth-order valence-electron chi connectivity index (χ4n) is 2.23. The van der Waals surface area contributed by atoms with Gasteiger partial charge >= 0.3 is 5.97 Å². The van der Waals surface area contributed by atoms with Gasteiger partial charge in [0.2, 0.25) is 0 Å². The summed E-state index contributed by atoms with van der Waals surface area (Å²) in [5, 5.41) is 3.42. The molecule has 4 nitrogen and oxygen atoms in total. The first-order chi connectivity index (χ1) is 8.79. The van der Waals surface area contributed by atoms with Crippen LogP contribution in [0, 0.1) is 5.92 Å². The van der Waals surface area contributed by atoms with Gasteiger partial charge in [0.25, 0.3) is 0 Å². The monoisotopic (exact) mass is 248 g/mol. The number of carbonyl (C=O) groups is 1. The van der Waals surface area contributed by atoms with Crippen molar-refractivity contribution in [1.82, 2.24) is 10.3 Å². The highest BCUT2D eigenvalue weighted by Crippen LogP contribution is 2.17. The number of H-pyrrole nitrogens is 1. The Labute approximate surface area is 107 Å². The van der Waals surface area contributed by atoms with Crippen molar-refractivity contribution in [2.75, 3.05) is 13.7 Å². The lowest BCUT2D eigenvalue weighted by Crippen LogP contribution is -2.23. The van der Waals surface area contributed by atoms with Gasteiger partial charge in [0, 0.05) is 12.2 Å². The Morgan fingerprint density at radius 1 is 1.50 bits per heavy atom. The molecule has 0 fully saturated rings. The van der Waals surface area contributed by atoms with Crippen LogP contribution < -0.4 is 5.32 Å². The van der Waals surface area contributed by atoms with Crippen LogP contribution in [0.3, 0.4) is 0 Å². The molecular weight excluding hydrogens is 228 g/mol. The largest absolute Gasteiger partial charge is 0.464 e. The zero-order chi connectivity index (χ0) is 12.8. The third kappa shape index (κ3) is 3.47. The average Bonchev–Trinajstić information content (AvgIpc) is 2.88. The molecule has 2 rings (SSSR count). The molecule has 4 heteroatoms. The molecule has 2 N–H and O–H groups in total. The molecule has 0 aliphatic heterocycles. The number of carbonyl (C=O) groups excluding carboxylic acids is 1. The van der Waals surface area contributed by atoms with Gasteiger partial charge in [-0.3, -0.25) is 0 Å². The second-order valence-electron chi connectivity index (χ2n) is 4.67. The smallest absolute Gasteiger partial charge is 0.354 e. The Morgan fingerprint density at radius 2 is 2.39 bits per heavy atom. The quantitative estimate of drug-likeness (QED) is 0.620. The van der Waals surface area contributed by atoms with Crippen molar-refractivity contribution in [1.29, 1.82) is 0 Å². The van der Waals surface area contributed by atoms with Crippen molar-refractivity contribution in [3.8, 4) is 0 Å². The minimum absolute atomic E-state index is 0.321. The second-order valence-corrected chi connectivity index (χ2v) is 4.67. The Bertz CT molecular complexity index is 423. The first kappa shape index (κ1) is 12.9. The summed E-state index contributed by atoms with van der Waals surface area (Å²) in [6, 6.07) is 3.67. The molecule has 98 valence electrons. The SMILES string of the molecule is COC(=O)c1ccc(CNCC2CC=CCC2)[nH]1.